The van der Waals surface area contributed by atoms with Gasteiger partial charge in [0.25, 0.3) is 5.56 Å². The van der Waals surface area contributed by atoms with Crippen molar-refractivity contribution in [2.45, 2.75) is 0 Å². The number of benzene rings is 1. The van der Waals surface area contributed by atoms with E-state index in [2.05, 4.69) is 15.0 Å². The second kappa shape index (κ2) is 5.58. The highest BCUT2D eigenvalue weighted by atomic mass is 16.5. The Morgan fingerprint density at radius 1 is 1.05 bits per heavy atom. The molecule has 5 heteroatoms. The molecule has 0 atom stereocenters. The van der Waals surface area contributed by atoms with E-state index in [1.165, 1.54) is 6.07 Å². The van der Waals surface area contributed by atoms with Crippen LogP contribution < -0.4 is 10.3 Å². The molecule has 2 heterocycles. The predicted octanol–water partition coefficient (Wildman–Crippen LogP) is 2.51. The fourth-order valence-corrected chi connectivity index (χ4v) is 2.01. The summed E-state index contributed by atoms with van der Waals surface area (Å²) in [6, 6.07) is 12.7. The number of rotatable bonds is 3. The lowest BCUT2D eigenvalue weighted by Crippen LogP contribution is -2.08. The molecule has 21 heavy (non-hydrogen) atoms. The molecule has 0 aliphatic carbocycles. The lowest BCUT2D eigenvalue weighted by molar-refractivity contribution is 0.413. The minimum absolute atomic E-state index is 0.207. The highest BCUT2D eigenvalue weighted by Gasteiger charge is 2.07. The number of pyridine rings is 1. The van der Waals surface area contributed by atoms with Gasteiger partial charge in [-0.15, -0.1) is 0 Å². The van der Waals surface area contributed by atoms with Crippen molar-refractivity contribution in [3.63, 3.8) is 0 Å². The van der Waals surface area contributed by atoms with Crippen LogP contribution in [-0.4, -0.2) is 22.1 Å². The Hall–Kier alpha value is -2.95. The smallest absolute Gasteiger partial charge is 0.251 e. The molecule has 0 fully saturated rings. The van der Waals surface area contributed by atoms with E-state index in [0.29, 0.717) is 17.3 Å². The van der Waals surface area contributed by atoms with E-state index < -0.39 is 0 Å². The standard InChI is InChI=1S/C16H13N3O2/c1-21-13-7-12(9-17-10-13)14-8-15(20)19-16(18-14)11-5-3-2-4-6-11/h2-10H,1H3,(H,18,19,20). The maximum atomic E-state index is 11.9. The Bertz CT molecular complexity index is 813. The number of hydrogen-bond acceptors (Lipinski definition) is 4. The number of ether oxygens (including phenoxy) is 1. The van der Waals surface area contributed by atoms with Crippen molar-refractivity contribution in [2.24, 2.45) is 0 Å². The Morgan fingerprint density at radius 2 is 1.86 bits per heavy atom. The largest absolute Gasteiger partial charge is 0.495 e. The summed E-state index contributed by atoms with van der Waals surface area (Å²) in [5, 5.41) is 0. The van der Waals surface area contributed by atoms with Crippen LogP contribution in [0, 0.1) is 0 Å². The minimum Gasteiger partial charge on any atom is -0.495 e. The number of methoxy groups -OCH3 is 1. The van der Waals surface area contributed by atoms with Crippen molar-refractivity contribution >= 4 is 0 Å². The fourth-order valence-electron chi connectivity index (χ4n) is 2.01. The van der Waals surface area contributed by atoms with Crippen LogP contribution in [-0.2, 0) is 0 Å². The summed E-state index contributed by atoms with van der Waals surface area (Å²) < 4.78 is 5.15. The number of hydrogen-bond donors (Lipinski definition) is 1. The molecule has 0 bridgehead atoms. The third kappa shape index (κ3) is 2.81. The summed E-state index contributed by atoms with van der Waals surface area (Å²) in [7, 11) is 1.57. The van der Waals surface area contributed by atoms with Crippen LogP contribution in [0.25, 0.3) is 22.6 Å². The van der Waals surface area contributed by atoms with Gasteiger partial charge >= 0.3 is 0 Å². The summed E-state index contributed by atoms with van der Waals surface area (Å²) in [5.74, 6) is 1.15. The van der Waals surface area contributed by atoms with E-state index in [1.807, 2.05) is 30.3 Å². The molecule has 0 saturated carbocycles. The quantitative estimate of drug-likeness (QED) is 0.800. The molecule has 3 aromatic rings. The van der Waals surface area contributed by atoms with Crippen LogP contribution in [0.5, 0.6) is 5.75 Å². The van der Waals surface area contributed by atoms with Gasteiger partial charge < -0.3 is 9.72 Å². The molecular formula is C16H13N3O2. The first kappa shape index (κ1) is 13.1. The summed E-state index contributed by atoms with van der Waals surface area (Å²) in [5.41, 5.74) is 1.94. The lowest BCUT2D eigenvalue weighted by Gasteiger charge is -2.06. The van der Waals surface area contributed by atoms with Crippen LogP contribution in [0.3, 0.4) is 0 Å². The highest BCUT2D eigenvalue weighted by Crippen LogP contribution is 2.21. The second-order valence-corrected chi connectivity index (χ2v) is 4.46. The lowest BCUT2D eigenvalue weighted by atomic mass is 10.1. The van der Waals surface area contributed by atoms with Crippen LogP contribution in [0.4, 0.5) is 0 Å². The van der Waals surface area contributed by atoms with E-state index in [4.69, 9.17) is 4.74 Å². The van der Waals surface area contributed by atoms with Gasteiger partial charge in [-0.25, -0.2) is 4.98 Å². The average Bonchev–Trinajstić information content (AvgIpc) is 2.55. The highest BCUT2D eigenvalue weighted by molar-refractivity contribution is 5.63. The topological polar surface area (TPSA) is 67.9 Å². The first-order chi connectivity index (χ1) is 10.3. The van der Waals surface area contributed by atoms with Gasteiger partial charge in [0.2, 0.25) is 0 Å². The van der Waals surface area contributed by atoms with Crippen molar-refractivity contribution < 1.29 is 4.74 Å². The molecule has 0 aliphatic rings. The van der Waals surface area contributed by atoms with Gasteiger partial charge in [-0.2, -0.15) is 0 Å². The molecule has 1 N–H and O–H groups in total. The van der Waals surface area contributed by atoms with E-state index in [9.17, 15) is 4.79 Å². The molecule has 104 valence electrons. The third-order valence-electron chi connectivity index (χ3n) is 3.03. The van der Waals surface area contributed by atoms with Crippen molar-refractivity contribution in [3.05, 3.63) is 65.2 Å². The zero-order chi connectivity index (χ0) is 14.7. The van der Waals surface area contributed by atoms with Gasteiger partial charge in [-0.05, 0) is 6.07 Å². The monoisotopic (exact) mass is 279 g/mol. The van der Waals surface area contributed by atoms with Crippen molar-refractivity contribution in [1.82, 2.24) is 15.0 Å². The summed E-state index contributed by atoms with van der Waals surface area (Å²) in [4.78, 5) is 23.2. The molecule has 0 saturated heterocycles. The molecule has 0 amide bonds. The van der Waals surface area contributed by atoms with Gasteiger partial charge in [0.1, 0.15) is 11.6 Å². The Morgan fingerprint density at radius 3 is 2.62 bits per heavy atom. The number of aromatic amines is 1. The summed E-state index contributed by atoms with van der Waals surface area (Å²) in [6.07, 6.45) is 3.26. The molecule has 5 nitrogen and oxygen atoms in total. The van der Waals surface area contributed by atoms with Crippen molar-refractivity contribution in [3.8, 4) is 28.4 Å². The third-order valence-corrected chi connectivity index (χ3v) is 3.03. The Kier molecular flexibility index (Phi) is 3.47. The molecule has 3 rings (SSSR count). The molecule has 0 unspecified atom stereocenters. The van der Waals surface area contributed by atoms with Gasteiger partial charge in [-0.3, -0.25) is 9.78 Å². The van der Waals surface area contributed by atoms with Crippen LogP contribution in [0.1, 0.15) is 0 Å². The van der Waals surface area contributed by atoms with Crippen molar-refractivity contribution in [2.75, 3.05) is 7.11 Å². The molecule has 0 aliphatic heterocycles. The number of aromatic nitrogens is 3. The molecule has 1 aromatic carbocycles. The maximum Gasteiger partial charge on any atom is 0.251 e. The summed E-state index contributed by atoms with van der Waals surface area (Å²) in [6.45, 7) is 0. The number of nitrogens with one attached hydrogen (secondary N) is 1. The SMILES string of the molecule is COc1cncc(-c2cc(=O)[nH]c(-c3ccccc3)n2)c1. The van der Waals surface area contributed by atoms with Crippen LogP contribution in [0.15, 0.2) is 59.7 Å². The van der Waals surface area contributed by atoms with Gasteiger partial charge in [-0.1, -0.05) is 30.3 Å². The van der Waals surface area contributed by atoms with E-state index in [0.717, 1.165) is 11.1 Å². The Labute approximate surface area is 121 Å². The molecule has 2 aromatic heterocycles. The maximum absolute atomic E-state index is 11.9. The van der Waals surface area contributed by atoms with Crippen molar-refractivity contribution in [1.29, 1.82) is 0 Å². The van der Waals surface area contributed by atoms with E-state index >= 15 is 0 Å². The minimum atomic E-state index is -0.207. The first-order valence-corrected chi connectivity index (χ1v) is 6.42. The zero-order valence-corrected chi connectivity index (χ0v) is 11.4. The number of H-pyrrole nitrogens is 1. The van der Waals surface area contributed by atoms with E-state index in [1.54, 1.807) is 25.6 Å². The molecule has 0 spiro atoms. The van der Waals surface area contributed by atoms with Crippen LogP contribution in [0.2, 0.25) is 0 Å². The average molecular weight is 279 g/mol. The van der Waals surface area contributed by atoms with Gasteiger partial charge in [0, 0.05) is 23.4 Å². The molecule has 0 radical (unpaired) electrons. The zero-order valence-electron chi connectivity index (χ0n) is 11.4. The fraction of sp³-hybridized carbons (Fsp3) is 0.0625. The predicted molar refractivity (Wildman–Crippen MR) is 80.1 cm³/mol. The Balaban J connectivity index is 2.12. The van der Waals surface area contributed by atoms with Crippen LogP contribution >= 0.6 is 0 Å². The van der Waals surface area contributed by atoms with Gasteiger partial charge in [0.05, 0.1) is 19.0 Å². The first-order valence-electron chi connectivity index (χ1n) is 6.42. The molecular weight excluding hydrogens is 266 g/mol. The second-order valence-electron chi connectivity index (χ2n) is 4.46. The number of nitrogens with zero attached hydrogens (tertiary/aromatic N) is 2. The normalized spacial score (nSPS) is 10.3. The van der Waals surface area contributed by atoms with E-state index in [-0.39, 0.29) is 5.56 Å². The van der Waals surface area contributed by atoms with Gasteiger partial charge in [0.15, 0.2) is 0 Å². The summed E-state index contributed by atoms with van der Waals surface area (Å²) >= 11 is 0.